The van der Waals surface area contributed by atoms with Crippen LogP contribution in [0.2, 0.25) is 0 Å². The number of imidazole rings is 1. The van der Waals surface area contributed by atoms with Gasteiger partial charge in [0.2, 0.25) is 0 Å². The first-order valence-electron chi connectivity index (χ1n) is 5.65. The monoisotopic (exact) mass is 328 g/mol. The first kappa shape index (κ1) is 13.3. The van der Waals surface area contributed by atoms with Crippen molar-refractivity contribution in [3.63, 3.8) is 0 Å². The fourth-order valence-corrected chi connectivity index (χ4v) is 3.23. The molecule has 0 unspecified atom stereocenters. The molecule has 2 rings (SSSR count). The molecule has 96 valence electrons. The Balaban J connectivity index is 2.18. The summed E-state index contributed by atoms with van der Waals surface area (Å²) in [5, 5.41) is 1.85. The lowest BCUT2D eigenvalue weighted by atomic mass is 10.3. The van der Waals surface area contributed by atoms with Gasteiger partial charge in [0.15, 0.2) is 5.78 Å². The maximum Gasteiger partial charge on any atom is 0.328 e. The molecule has 0 spiro atoms. The van der Waals surface area contributed by atoms with Gasteiger partial charge in [-0.25, -0.2) is 4.79 Å². The number of hydrogen-bond donors (Lipinski definition) is 0. The average molecular weight is 329 g/mol. The lowest BCUT2D eigenvalue weighted by Gasteiger charge is -2.00. The fourth-order valence-electron chi connectivity index (χ4n) is 1.70. The summed E-state index contributed by atoms with van der Waals surface area (Å²) in [6.07, 6.45) is 4.29. The van der Waals surface area contributed by atoms with E-state index in [0.29, 0.717) is 11.4 Å². The molecule has 0 aliphatic carbocycles. The van der Waals surface area contributed by atoms with Crippen LogP contribution in [0.4, 0.5) is 0 Å². The van der Waals surface area contributed by atoms with Gasteiger partial charge in [-0.3, -0.25) is 13.9 Å². The molecule has 0 fully saturated rings. The standard InChI is InChI=1S/C12H13BrN2O2S/c1-2-4-14-5-6-15(12(14)17)8-10(16)11-9(13)3-7-18-11/h3,5-7H,2,4,8H2,1H3. The molecule has 4 nitrogen and oxygen atoms in total. The normalized spacial score (nSPS) is 10.8. The second-order valence-electron chi connectivity index (χ2n) is 3.92. The highest BCUT2D eigenvalue weighted by Crippen LogP contribution is 2.23. The second kappa shape index (κ2) is 5.67. The Morgan fingerprint density at radius 2 is 2.11 bits per heavy atom. The zero-order chi connectivity index (χ0) is 13.1. The summed E-state index contributed by atoms with van der Waals surface area (Å²) in [6.45, 7) is 2.79. The Morgan fingerprint density at radius 3 is 2.72 bits per heavy atom. The molecule has 2 aromatic heterocycles. The topological polar surface area (TPSA) is 44.0 Å². The summed E-state index contributed by atoms with van der Waals surface area (Å²) in [7, 11) is 0. The van der Waals surface area contributed by atoms with Crippen molar-refractivity contribution >= 4 is 33.0 Å². The lowest BCUT2D eigenvalue weighted by molar-refractivity contribution is 0.0974. The first-order chi connectivity index (χ1) is 8.63. The van der Waals surface area contributed by atoms with Crippen LogP contribution in [0.15, 0.2) is 33.1 Å². The Morgan fingerprint density at radius 1 is 1.39 bits per heavy atom. The molecule has 0 saturated carbocycles. The highest BCUT2D eigenvalue weighted by atomic mass is 79.9. The predicted molar refractivity (Wildman–Crippen MR) is 75.3 cm³/mol. The molecule has 0 bridgehead atoms. The third-order valence-corrected chi connectivity index (χ3v) is 4.45. The summed E-state index contributed by atoms with van der Waals surface area (Å²) in [5.41, 5.74) is -0.127. The number of carbonyl (C=O) groups excluding carboxylic acids is 1. The Kier molecular flexibility index (Phi) is 4.19. The Labute approximate surface area is 117 Å². The minimum atomic E-state index is -0.127. The zero-order valence-corrected chi connectivity index (χ0v) is 12.3. The Bertz CT molecular complexity index is 612. The molecular formula is C12H13BrN2O2S. The number of halogens is 1. The number of carbonyl (C=O) groups is 1. The van der Waals surface area contributed by atoms with Gasteiger partial charge in [-0.1, -0.05) is 6.92 Å². The van der Waals surface area contributed by atoms with E-state index in [1.807, 2.05) is 18.4 Å². The van der Waals surface area contributed by atoms with E-state index < -0.39 is 0 Å². The molecule has 0 aliphatic heterocycles. The zero-order valence-electron chi connectivity index (χ0n) is 9.93. The van der Waals surface area contributed by atoms with Crippen molar-refractivity contribution in [2.24, 2.45) is 0 Å². The minimum absolute atomic E-state index is 0.0479. The van der Waals surface area contributed by atoms with E-state index >= 15 is 0 Å². The molecule has 2 heterocycles. The molecule has 0 radical (unpaired) electrons. The highest BCUT2D eigenvalue weighted by Gasteiger charge is 2.13. The quantitative estimate of drug-likeness (QED) is 0.792. The van der Waals surface area contributed by atoms with Gasteiger partial charge in [0.25, 0.3) is 0 Å². The van der Waals surface area contributed by atoms with Crippen LogP contribution in [0.1, 0.15) is 23.0 Å². The Hall–Kier alpha value is -1.14. The lowest BCUT2D eigenvalue weighted by Crippen LogP contribution is -2.26. The number of aryl methyl sites for hydroxylation is 1. The number of hydrogen-bond acceptors (Lipinski definition) is 3. The van der Waals surface area contributed by atoms with Gasteiger partial charge >= 0.3 is 5.69 Å². The number of rotatable bonds is 5. The summed E-state index contributed by atoms with van der Waals surface area (Å²) >= 11 is 4.71. The van der Waals surface area contributed by atoms with Gasteiger partial charge in [-0.05, 0) is 33.8 Å². The van der Waals surface area contributed by atoms with Crippen molar-refractivity contribution in [1.82, 2.24) is 9.13 Å². The molecule has 6 heteroatoms. The molecular weight excluding hydrogens is 316 g/mol. The third kappa shape index (κ3) is 2.64. The molecule has 0 saturated heterocycles. The summed E-state index contributed by atoms with van der Waals surface area (Å²) in [6, 6.07) is 1.84. The smallest absolute Gasteiger partial charge is 0.299 e. The van der Waals surface area contributed by atoms with Gasteiger partial charge in [0.05, 0.1) is 11.4 Å². The van der Waals surface area contributed by atoms with Gasteiger partial charge in [0.1, 0.15) is 0 Å². The van der Waals surface area contributed by atoms with Crippen LogP contribution in [0, 0.1) is 0 Å². The second-order valence-corrected chi connectivity index (χ2v) is 5.69. The van der Waals surface area contributed by atoms with Crippen molar-refractivity contribution in [1.29, 1.82) is 0 Å². The van der Waals surface area contributed by atoms with Gasteiger partial charge in [-0.15, -0.1) is 11.3 Å². The number of ketones is 1. The summed E-state index contributed by atoms with van der Waals surface area (Å²) in [5.74, 6) is -0.0479. The van der Waals surface area contributed by atoms with Crippen molar-refractivity contribution in [3.05, 3.63) is 43.7 Å². The van der Waals surface area contributed by atoms with Crippen molar-refractivity contribution in [2.75, 3.05) is 0 Å². The van der Waals surface area contributed by atoms with E-state index in [9.17, 15) is 9.59 Å². The number of nitrogens with zero attached hydrogens (tertiary/aromatic N) is 2. The highest BCUT2D eigenvalue weighted by molar-refractivity contribution is 9.10. The van der Waals surface area contributed by atoms with E-state index in [-0.39, 0.29) is 18.0 Å². The van der Waals surface area contributed by atoms with Crippen LogP contribution in [0.3, 0.4) is 0 Å². The van der Waals surface area contributed by atoms with Crippen LogP contribution in [0.25, 0.3) is 0 Å². The SMILES string of the molecule is CCCn1ccn(CC(=O)c2sccc2Br)c1=O. The van der Waals surface area contributed by atoms with Gasteiger partial charge in [-0.2, -0.15) is 0 Å². The maximum atomic E-state index is 12.0. The summed E-state index contributed by atoms with van der Waals surface area (Å²) in [4.78, 5) is 24.6. The van der Waals surface area contributed by atoms with Crippen LogP contribution in [-0.4, -0.2) is 14.9 Å². The molecule has 0 aliphatic rings. The van der Waals surface area contributed by atoms with E-state index in [1.54, 1.807) is 17.0 Å². The van der Waals surface area contributed by atoms with Crippen LogP contribution < -0.4 is 5.69 Å². The molecule has 2 aromatic rings. The van der Waals surface area contributed by atoms with E-state index in [4.69, 9.17) is 0 Å². The van der Waals surface area contributed by atoms with Gasteiger partial charge < -0.3 is 0 Å². The molecule has 0 aromatic carbocycles. The fraction of sp³-hybridized carbons (Fsp3) is 0.333. The summed E-state index contributed by atoms with van der Waals surface area (Å²) < 4.78 is 3.86. The van der Waals surface area contributed by atoms with Crippen LogP contribution in [0.5, 0.6) is 0 Å². The molecule has 0 N–H and O–H groups in total. The third-order valence-electron chi connectivity index (χ3n) is 2.57. The number of aromatic nitrogens is 2. The van der Waals surface area contributed by atoms with Crippen molar-refractivity contribution in [2.45, 2.75) is 26.4 Å². The molecule has 0 atom stereocenters. The van der Waals surface area contributed by atoms with Crippen LogP contribution in [-0.2, 0) is 13.1 Å². The molecule has 0 amide bonds. The predicted octanol–water partition coefficient (Wildman–Crippen LogP) is 2.77. The van der Waals surface area contributed by atoms with E-state index in [1.165, 1.54) is 15.9 Å². The maximum absolute atomic E-state index is 12.0. The number of Topliss-reactive ketones (excluding diaryl/α,β-unsaturated/α-hetero) is 1. The van der Waals surface area contributed by atoms with E-state index in [0.717, 1.165) is 10.9 Å². The largest absolute Gasteiger partial charge is 0.328 e. The van der Waals surface area contributed by atoms with E-state index in [2.05, 4.69) is 15.9 Å². The van der Waals surface area contributed by atoms with Crippen molar-refractivity contribution < 1.29 is 4.79 Å². The first-order valence-corrected chi connectivity index (χ1v) is 7.32. The van der Waals surface area contributed by atoms with Gasteiger partial charge in [0, 0.05) is 23.4 Å². The number of thiophene rings is 1. The molecule has 18 heavy (non-hydrogen) atoms. The van der Waals surface area contributed by atoms with Crippen LogP contribution >= 0.6 is 27.3 Å². The van der Waals surface area contributed by atoms with Crippen molar-refractivity contribution in [3.8, 4) is 0 Å². The minimum Gasteiger partial charge on any atom is -0.299 e. The average Bonchev–Trinajstić information content (AvgIpc) is 2.90.